The maximum Gasteiger partial charge on any atom is 0.346 e. The van der Waals surface area contributed by atoms with E-state index in [9.17, 15) is 0 Å². The maximum absolute atomic E-state index is 6.60. The van der Waals surface area contributed by atoms with Crippen molar-refractivity contribution in [3.05, 3.63) is 130 Å². The van der Waals surface area contributed by atoms with E-state index in [0.717, 1.165) is 62.2 Å². The van der Waals surface area contributed by atoms with Crippen LogP contribution in [0.25, 0.3) is 11.4 Å². The molecule has 0 aliphatic carbocycles. The van der Waals surface area contributed by atoms with Crippen LogP contribution < -0.4 is 0 Å². The van der Waals surface area contributed by atoms with Crippen molar-refractivity contribution in [3.8, 4) is 11.4 Å². The summed E-state index contributed by atoms with van der Waals surface area (Å²) in [7, 11) is -0.333. The van der Waals surface area contributed by atoms with E-state index in [1.807, 2.05) is 60.8 Å². The lowest BCUT2D eigenvalue weighted by atomic mass is 10.1. The summed E-state index contributed by atoms with van der Waals surface area (Å²) in [5, 5.41) is 11.9. The molecule has 0 saturated heterocycles. The van der Waals surface area contributed by atoms with Gasteiger partial charge in [-0.3, -0.25) is 9.55 Å². The minimum absolute atomic E-state index is 0.333. The highest BCUT2D eigenvalue weighted by Crippen LogP contribution is 2.30. The predicted molar refractivity (Wildman–Crippen MR) is 149 cm³/mol. The summed E-state index contributed by atoms with van der Waals surface area (Å²) in [4.78, 5) is 4.32. The first-order valence-electron chi connectivity index (χ1n) is 11.7. The van der Waals surface area contributed by atoms with Crippen molar-refractivity contribution >= 4 is 34.1 Å². The van der Waals surface area contributed by atoms with Crippen molar-refractivity contribution in [2.45, 2.75) is 29.6 Å². The topological polar surface area (TPSA) is 43.6 Å². The molecule has 5 aromatic rings. The van der Waals surface area contributed by atoms with Gasteiger partial charge in [-0.1, -0.05) is 95.0 Å². The van der Waals surface area contributed by atoms with E-state index in [1.165, 1.54) is 5.56 Å². The Hall–Kier alpha value is -3.12. The van der Waals surface area contributed by atoms with Crippen LogP contribution in [-0.4, -0.2) is 19.7 Å². The van der Waals surface area contributed by atoms with Gasteiger partial charge in [0.25, 0.3) is 0 Å². The number of nitrogens with zero attached hydrogens (tertiary/aromatic N) is 4. The van der Waals surface area contributed by atoms with Gasteiger partial charge in [-0.15, -0.1) is 5.10 Å². The molecule has 4 nitrogen and oxygen atoms in total. The first-order chi connectivity index (χ1) is 17.7. The van der Waals surface area contributed by atoms with Gasteiger partial charge in [-0.05, 0) is 36.2 Å². The highest BCUT2D eigenvalue weighted by atomic mass is 35.5. The summed E-state index contributed by atoms with van der Waals surface area (Å²) in [5.74, 6) is 2.33. The lowest BCUT2D eigenvalue weighted by Gasteiger charge is -2.13. The monoisotopic (exact) mass is 531 g/mol. The minimum Gasteiger partial charge on any atom is -0.266 e. The Kier molecular flexibility index (Phi) is 8.01. The first-order valence-corrected chi connectivity index (χ1v) is 14.0. The largest absolute Gasteiger partial charge is 0.346 e. The lowest BCUT2D eigenvalue weighted by Crippen LogP contribution is -2.18. The number of aryl methyl sites for hydroxylation is 1. The second-order valence-corrected chi connectivity index (χ2v) is 11.1. The summed E-state index contributed by atoms with van der Waals surface area (Å²) in [5.41, 5.74) is 4.40. The van der Waals surface area contributed by atoms with Crippen LogP contribution in [0.2, 0.25) is 10.0 Å². The third-order valence-electron chi connectivity index (χ3n) is 5.94. The summed E-state index contributed by atoms with van der Waals surface area (Å²) in [6, 6.07) is 30.5. The number of aromatic nitrogens is 4. The van der Waals surface area contributed by atoms with Gasteiger partial charge in [0.05, 0.1) is 10.9 Å². The third kappa shape index (κ3) is 5.81. The number of benzene rings is 3. The van der Waals surface area contributed by atoms with Crippen LogP contribution in [-0.2, 0) is 35.4 Å². The Morgan fingerprint density at radius 3 is 1.94 bits per heavy atom. The summed E-state index contributed by atoms with van der Waals surface area (Å²) < 4.78 is 2.25. The standard InChI is InChI=1S/C29H25Cl2N4S/c30-26-14-6-4-11-24(26)20-36(21-25-12-5-7-15-27(25)31)29-34-33-28(23-13-8-17-32-19-23)35(29)18-16-22-9-2-1-3-10-22/h1-15,17,19H,16,18,20-21H2/q+1. The van der Waals surface area contributed by atoms with E-state index in [0.29, 0.717) is 0 Å². The molecular formula is C29H25Cl2N4S+. The van der Waals surface area contributed by atoms with Crippen LogP contribution in [0.5, 0.6) is 0 Å². The zero-order valence-corrected chi connectivity index (χ0v) is 21.9. The quantitative estimate of drug-likeness (QED) is 0.188. The van der Waals surface area contributed by atoms with Crippen molar-refractivity contribution in [1.82, 2.24) is 19.7 Å². The summed E-state index contributed by atoms with van der Waals surface area (Å²) in [6.07, 6.45) is 4.48. The van der Waals surface area contributed by atoms with Crippen LogP contribution in [0.4, 0.5) is 0 Å². The molecule has 180 valence electrons. The van der Waals surface area contributed by atoms with Gasteiger partial charge < -0.3 is 0 Å². The van der Waals surface area contributed by atoms with E-state index < -0.39 is 0 Å². The average molecular weight is 533 g/mol. The van der Waals surface area contributed by atoms with Crippen molar-refractivity contribution in [2.75, 3.05) is 0 Å². The Labute approximate surface area is 224 Å². The SMILES string of the molecule is Clc1ccccc1C[S+](Cc1ccccc1Cl)c1nnc(-c2cccnc2)n1CCc1ccccc1. The number of rotatable bonds is 9. The van der Waals surface area contributed by atoms with Gasteiger partial charge in [0.2, 0.25) is 0 Å². The Balaban J connectivity index is 1.57. The molecule has 0 bridgehead atoms. The molecule has 0 unspecified atom stereocenters. The molecule has 3 aromatic carbocycles. The molecule has 0 fully saturated rings. The number of hydrogen-bond acceptors (Lipinski definition) is 3. The molecule has 5 rings (SSSR count). The van der Waals surface area contributed by atoms with E-state index in [1.54, 1.807) is 6.20 Å². The molecule has 0 amide bonds. The second kappa shape index (κ2) is 11.7. The molecule has 7 heteroatoms. The Morgan fingerprint density at radius 1 is 0.694 bits per heavy atom. The fourth-order valence-electron chi connectivity index (χ4n) is 4.08. The molecule has 36 heavy (non-hydrogen) atoms. The van der Waals surface area contributed by atoms with E-state index in [2.05, 4.69) is 51.0 Å². The van der Waals surface area contributed by atoms with E-state index in [4.69, 9.17) is 28.3 Å². The summed E-state index contributed by atoms with van der Waals surface area (Å²) in [6.45, 7) is 0.755. The van der Waals surface area contributed by atoms with Gasteiger partial charge in [0.1, 0.15) is 11.5 Å². The van der Waals surface area contributed by atoms with Crippen LogP contribution in [0.3, 0.4) is 0 Å². The van der Waals surface area contributed by atoms with Gasteiger partial charge in [-0.25, -0.2) is 0 Å². The zero-order valence-electron chi connectivity index (χ0n) is 19.6. The highest BCUT2D eigenvalue weighted by Gasteiger charge is 2.33. The number of pyridine rings is 1. The van der Waals surface area contributed by atoms with Crippen LogP contribution in [0.15, 0.2) is 109 Å². The zero-order chi connectivity index (χ0) is 24.7. The molecule has 2 heterocycles. The molecule has 0 radical (unpaired) electrons. The Bertz CT molecular complexity index is 1380. The third-order valence-corrected chi connectivity index (χ3v) is 8.81. The first kappa shape index (κ1) is 24.6. The van der Waals surface area contributed by atoms with Gasteiger partial charge in [0, 0.05) is 45.7 Å². The van der Waals surface area contributed by atoms with Gasteiger partial charge in [0.15, 0.2) is 5.82 Å². The number of halogens is 2. The molecule has 0 spiro atoms. The molecule has 0 N–H and O–H groups in total. The molecule has 0 atom stereocenters. The highest BCUT2D eigenvalue weighted by molar-refractivity contribution is 7.95. The minimum atomic E-state index is -0.333. The lowest BCUT2D eigenvalue weighted by molar-refractivity contribution is 0.636. The normalized spacial score (nSPS) is 11.2. The second-order valence-electron chi connectivity index (χ2n) is 8.40. The smallest absolute Gasteiger partial charge is 0.266 e. The van der Waals surface area contributed by atoms with Crippen molar-refractivity contribution in [1.29, 1.82) is 0 Å². The maximum atomic E-state index is 6.60. The molecule has 2 aromatic heterocycles. The van der Waals surface area contributed by atoms with Crippen molar-refractivity contribution in [3.63, 3.8) is 0 Å². The molecule has 0 saturated carbocycles. The van der Waals surface area contributed by atoms with Crippen molar-refractivity contribution < 1.29 is 0 Å². The predicted octanol–water partition coefficient (Wildman–Crippen LogP) is 7.27. The van der Waals surface area contributed by atoms with Crippen LogP contribution in [0, 0.1) is 0 Å². The van der Waals surface area contributed by atoms with E-state index >= 15 is 0 Å². The molecule has 0 aliphatic heterocycles. The Morgan fingerprint density at radius 2 is 1.33 bits per heavy atom. The molecular weight excluding hydrogens is 507 g/mol. The molecule has 0 aliphatic rings. The van der Waals surface area contributed by atoms with Crippen molar-refractivity contribution in [2.24, 2.45) is 0 Å². The number of hydrogen-bond donors (Lipinski definition) is 0. The van der Waals surface area contributed by atoms with Crippen LogP contribution >= 0.6 is 23.2 Å². The van der Waals surface area contributed by atoms with Gasteiger partial charge in [-0.2, -0.15) is 0 Å². The van der Waals surface area contributed by atoms with Gasteiger partial charge >= 0.3 is 5.16 Å². The summed E-state index contributed by atoms with van der Waals surface area (Å²) >= 11 is 13.2. The average Bonchev–Trinajstić information content (AvgIpc) is 3.34. The fraction of sp³-hybridized carbons (Fsp3) is 0.138. The van der Waals surface area contributed by atoms with E-state index in [-0.39, 0.29) is 10.9 Å². The fourth-order valence-corrected chi connectivity index (χ4v) is 6.91. The van der Waals surface area contributed by atoms with Crippen LogP contribution in [0.1, 0.15) is 16.7 Å².